The number of nitrogens with zero attached hydrogens (tertiary/aromatic N) is 2. The SMILES string of the molecule is CCc1cc2c(NCCCCCCCl)ncnc2s1. The molecule has 19 heavy (non-hydrogen) atoms. The van der Waals surface area contributed by atoms with E-state index in [2.05, 4.69) is 28.3 Å². The summed E-state index contributed by atoms with van der Waals surface area (Å²) >= 11 is 7.42. The minimum absolute atomic E-state index is 0.772. The van der Waals surface area contributed by atoms with E-state index in [4.69, 9.17) is 11.6 Å². The number of anilines is 1. The van der Waals surface area contributed by atoms with E-state index in [0.717, 1.165) is 47.7 Å². The summed E-state index contributed by atoms with van der Waals surface area (Å²) in [5.41, 5.74) is 0. The summed E-state index contributed by atoms with van der Waals surface area (Å²) in [7, 11) is 0. The van der Waals surface area contributed by atoms with E-state index in [9.17, 15) is 0 Å². The van der Waals surface area contributed by atoms with Crippen LogP contribution >= 0.6 is 22.9 Å². The molecule has 2 aromatic heterocycles. The number of aromatic nitrogens is 2. The number of rotatable bonds is 8. The number of hydrogen-bond acceptors (Lipinski definition) is 4. The summed E-state index contributed by atoms with van der Waals surface area (Å²) in [5, 5.41) is 4.58. The Bertz CT molecular complexity index is 512. The molecule has 0 amide bonds. The van der Waals surface area contributed by atoms with Gasteiger partial charge in [-0.2, -0.15) is 0 Å². The molecule has 0 fully saturated rings. The predicted molar refractivity (Wildman–Crippen MR) is 84.5 cm³/mol. The predicted octanol–water partition coefficient (Wildman–Crippen LogP) is 4.46. The number of hydrogen-bond donors (Lipinski definition) is 1. The normalized spacial score (nSPS) is 11.1. The number of aryl methyl sites for hydroxylation is 1. The number of halogens is 1. The largest absolute Gasteiger partial charge is 0.369 e. The zero-order chi connectivity index (χ0) is 13.5. The zero-order valence-electron chi connectivity index (χ0n) is 11.3. The van der Waals surface area contributed by atoms with Crippen LogP contribution in [0.25, 0.3) is 10.2 Å². The van der Waals surface area contributed by atoms with Crippen molar-refractivity contribution in [1.82, 2.24) is 9.97 Å². The minimum atomic E-state index is 0.772. The van der Waals surface area contributed by atoms with E-state index in [1.54, 1.807) is 17.7 Å². The highest BCUT2D eigenvalue weighted by Crippen LogP contribution is 2.28. The number of nitrogens with one attached hydrogen (secondary N) is 1. The topological polar surface area (TPSA) is 37.8 Å². The molecule has 0 aromatic carbocycles. The summed E-state index contributed by atoms with van der Waals surface area (Å²) in [6, 6.07) is 2.20. The minimum Gasteiger partial charge on any atom is -0.369 e. The van der Waals surface area contributed by atoms with Crippen molar-refractivity contribution >= 4 is 39.0 Å². The lowest BCUT2D eigenvalue weighted by atomic mass is 10.2. The van der Waals surface area contributed by atoms with Crippen LogP contribution in [0.2, 0.25) is 0 Å². The Labute approximate surface area is 123 Å². The molecule has 0 saturated carbocycles. The van der Waals surface area contributed by atoms with Crippen LogP contribution in [-0.4, -0.2) is 22.4 Å². The van der Waals surface area contributed by atoms with Crippen LogP contribution in [0.4, 0.5) is 5.82 Å². The van der Waals surface area contributed by atoms with Crippen LogP contribution in [0.5, 0.6) is 0 Å². The fourth-order valence-electron chi connectivity index (χ4n) is 2.00. The Hall–Kier alpha value is -0.870. The summed E-state index contributed by atoms with van der Waals surface area (Å²) in [5.74, 6) is 1.74. The van der Waals surface area contributed by atoms with Gasteiger partial charge in [0.2, 0.25) is 0 Å². The van der Waals surface area contributed by atoms with Crippen LogP contribution in [0.1, 0.15) is 37.5 Å². The molecular formula is C14H20ClN3S. The fourth-order valence-corrected chi connectivity index (χ4v) is 3.12. The van der Waals surface area contributed by atoms with Gasteiger partial charge in [-0.1, -0.05) is 19.8 Å². The van der Waals surface area contributed by atoms with Crippen LogP contribution in [0.3, 0.4) is 0 Å². The van der Waals surface area contributed by atoms with Gasteiger partial charge in [0.05, 0.1) is 5.39 Å². The van der Waals surface area contributed by atoms with Crippen LogP contribution in [0, 0.1) is 0 Å². The van der Waals surface area contributed by atoms with E-state index in [1.807, 2.05) is 0 Å². The quantitative estimate of drug-likeness (QED) is 0.577. The van der Waals surface area contributed by atoms with E-state index < -0.39 is 0 Å². The molecule has 0 unspecified atom stereocenters. The van der Waals surface area contributed by atoms with Gasteiger partial charge in [0.15, 0.2) is 0 Å². The lowest BCUT2D eigenvalue weighted by Crippen LogP contribution is -2.03. The first kappa shape index (κ1) is 14.5. The molecule has 2 heterocycles. The molecule has 0 aliphatic rings. The Morgan fingerprint density at radius 3 is 2.84 bits per heavy atom. The van der Waals surface area contributed by atoms with Crippen LogP contribution in [0.15, 0.2) is 12.4 Å². The molecular weight excluding hydrogens is 278 g/mol. The fraction of sp³-hybridized carbons (Fsp3) is 0.571. The number of thiophene rings is 1. The van der Waals surface area contributed by atoms with E-state index >= 15 is 0 Å². The highest BCUT2D eigenvalue weighted by molar-refractivity contribution is 7.18. The van der Waals surface area contributed by atoms with Gasteiger partial charge >= 0.3 is 0 Å². The third-order valence-electron chi connectivity index (χ3n) is 3.08. The van der Waals surface area contributed by atoms with Gasteiger partial charge in [-0.25, -0.2) is 9.97 Å². The molecule has 0 bridgehead atoms. The average Bonchev–Trinajstić information content (AvgIpc) is 2.86. The van der Waals surface area contributed by atoms with Crippen molar-refractivity contribution < 1.29 is 0 Å². The maximum Gasteiger partial charge on any atom is 0.138 e. The average molecular weight is 298 g/mol. The Morgan fingerprint density at radius 1 is 1.21 bits per heavy atom. The molecule has 2 aromatic rings. The Balaban J connectivity index is 1.91. The van der Waals surface area contributed by atoms with E-state index in [-0.39, 0.29) is 0 Å². The standard InChI is InChI=1S/C14H20ClN3S/c1-2-11-9-12-13(17-10-18-14(12)19-11)16-8-6-4-3-5-7-15/h9-10H,2-8H2,1H3,(H,16,17,18). The lowest BCUT2D eigenvalue weighted by molar-refractivity contribution is 0.687. The molecule has 0 aliphatic carbocycles. The summed E-state index contributed by atoms with van der Waals surface area (Å²) in [6.07, 6.45) is 7.41. The van der Waals surface area contributed by atoms with Gasteiger partial charge in [0.1, 0.15) is 17.0 Å². The lowest BCUT2D eigenvalue weighted by Gasteiger charge is -2.05. The highest BCUT2D eigenvalue weighted by Gasteiger charge is 2.07. The molecule has 104 valence electrons. The summed E-state index contributed by atoms with van der Waals surface area (Å²) < 4.78 is 0. The van der Waals surface area contributed by atoms with Crippen molar-refractivity contribution in [3.05, 3.63) is 17.3 Å². The summed E-state index contributed by atoms with van der Waals surface area (Å²) in [6.45, 7) is 3.13. The van der Waals surface area contributed by atoms with E-state index in [0.29, 0.717) is 0 Å². The van der Waals surface area contributed by atoms with Crippen molar-refractivity contribution in [2.24, 2.45) is 0 Å². The van der Waals surface area contributed by atoms with Gasteiger partial charge in [-0.3, -0.25) is 0 Å². The van der Waals surface area contributed by atoms with E-state index in [1.165, 1.54) is 17.7 Å². The third-order valence-corrected chi connectivity index (χ3v) is 4.54. The Morgan fingerprint density at radius 2 is 2.05 bits per heavy atom. The summed E-state index contributed by atoms with van der Waals surface area (Å²) in [4.78, 5) is 11.1. The van der Waals surface area contributed by atoms with Gasteiger partial charge in [0, 0.05) is 17.3 Å². The molecule has 2 rings (SSSR count). The molecule has 0 radical (unpaired) electrons. The van der Waals surface area contributed by atoms with Gasteiger partial charge in [-0.15, -0.1) is 22.9 Å². The van der Waals surface area contributed by atoms with Crippen LogP contribution in [-0.2, 0) is 6.42 Å². The number of alkyl halides is 1. The molecule has 3 nitrogen and oxygen atoms in total. The monoisotopic (exact) mass is 297 g/mol. The second-order valence-corrected chi connectivity index (χ2v) is 6.03. The number of fused-ring (bicyclic) bond motifs is 1. The molecule has 0 atom stereocenters. The van der Waals surface area contributed by atoms with Gasteiger partial charge in [-0.05, 0) is 25.3 Å². The molecule has 5 heteroatoms. The second-order valence-electron chi connectivity index (χ2n) is 4.54. The first-order valence-corrected chi connectivity index (χ1v) is 8.23. The molecule has 0 aliphatic heterocycles. The first-order chi connectivity index (χ1) is 9.35. The highest BCUT2D eigenvalue weighted by atomic mass is 35.5. The van der Waals surface area contributed by atoms with Gasteiger partial charge < -0.3 is 5.32 Å². The van der Waals surface area contributed by atoms with Crippen LogP contribution < -0.4 is 5.32 Å². The first-order valence-electron chi connectivity index (χ1n) is 6.88. The molecule has 0 saturated heterocycles. The van der Waals surface area contributed by atoms with Crippen molar-refractivity contribution in [2.75, 3.05) is 17.7 Å². The van der Waals surface area contributed by atoms with Crippen molar-refractivity contribution in [2.45, 2.75) is 39.0 Å². The zero-order valence-corrected chi connectivity index (χ0v) is 12.9. The molecule has 1 N–H and O–H groups in total. The van der Waals surface area contributed by atoms with Gasteiger partial charge in [0.25, 0.3) is 0 Å². The maximum atomic E-state index is 5.66. The third kappa shape index (κ3) is 4.05. The van der Waals surface area contributed by atoms with Crippen molar-refractivity contribution in [3.8, 4) is 0 Å². The number of unbranched alkanes of at least 4 members (excludes halogenated alkanes) is 3. The van der Waals surface area contributed by atoms with Crippen molar-refractivity contribution in [3.63, 3.8) is 0 Å². The smallest absolute Gasteiger partial charge is 0.138 e. The maximum absolute atomic E-state index is 5.66. The van der Waals surface area contributed by atoms with Crippen molar-refractivity contribution in [1.29, 1.82) is 0 Å². The molecule has 0 spiro atoms. The Kier molecular flexibility index (Phi) is 5.86. The second kappa shape index (κ2) is 7.65.